The Hall–Kier alpha value is -1.22. The molecule has 1 unspecified atom stereocenters. The van der Waals surface area contributed by atoms with Crippen molar-refractivity contribution in [2.24, 2.45) is 11.8 Å². The highest BCUT2D eigenvalue weighted by Crippen LogP contribution is 2.15. The highest BCUT2D eigenvalue weighted by atomic mass is 32.2. The van der Waals surface area contributed by atoms with E-state index in [0.29, 0.717) is 19.0 Å². The Morgan fingerprint density at radius 2 is 2.37 bits per heavy atom. The van der Waals surface area contributed by atoms with Crippen molar-refractivity contribution in [3.05, 3.63) is 18.3 Å². The summed E-state index contributed by atoms with van der Waals surface area (Å²) in [7, 11) is -3.53. The molecule has 1 atom stereocenters. The van der Waals surface area contributed by atoms with Crippen LogP contribution in [0.2, 0.25) is 0 Å². The van der Waals surface area contributed by atoms with Gasteiger partial charge in [0.15, 0.2) is 0 Å². The zero-order valence-electron chi connectivity index (χ0n) is 10.5. The molecule has 2 heterocycles. The molecular formula is C11H18N4O3S. The fourth-order valence-corrected chi connectivity index (χ4v) is 3.07. The number of nitrogens with zero attached hydrogens (tertiary/aromatic N) is 1. The second kappa shape index (κ2) is 6.29. The van der Waals surface area contributed by atoms with Gasteiger partial charge >= 0.3 is 0 Å². The molecule has 0 saturated carbocycles. The molecule has 106 valence electrons. The molecule has 1 aliphatic heterocycles. The number of hydrazine groups is 1. The number of anilines is 1. The first-order valence-corrected chi connectivity index (χ1v) is 7.60. The lowest BCUT2D eigenvalue weighted by atomic mass is 10.0. The molecule has 4 N–H and O–H groups in total. The van der Waals surface area contributed by atoms with Crippen LogP contribution in [0.5, 0.6) is 0 Å². The van der Waals surface area contributed by atoms with Crippen molar-refractivity contribution in [1.29, 1.82) is 0 Å². The first kappa shape index (κ1) is 14.2. The predicted octanol–water partition coefficient (Wildman–Crippen LogP) is 0.0721. The lowest BCUT2D eigenvalue weighted by Crippen LogP contribution is -2.33. The number of pyridine rings is 1. The number of rotatable bonds is 5. The second-order valence-corrected chi connectivity index (χ2v) is 6.22. The monoisotopic (exact) mass is 286 g/mol. The third-order valence-corrected chi connectivity index (χ3v) is 4.43. The molecule has 0 bridgehead atoms. The Bertz CT molecular complexity index is 514. The topological polar surface area (TPSA) is 106 Å². The Labute approximate surface area is 112 Å². The normalized spacial score (nSPS) is 20.2. The van der Waals surface area contributed by atoms with Gasteiger partial charge < -0.3 is 10.2 Å². The number of hydrogen-bond acceptors (Lipinski definition) is 6. The molecule has 0 aromatic carbocycles. The summed E-state index contributed by atoms with van der Waals surface area (Å²) in [5, 5.41) is 0. The summed E-state index contributed by atoms with van der Waals surface area (Å²) in [6.45, 7) is 1.75. The Morgan fingerprint density at radius 3 is 3.05 bits per heavy atom. The minimum atomic E-state index is -3.53. The average Bonchev–Trinajstić information content (AvgIpc) is 2.46. The summed E-state index contributed by atoms with van der Waals surface area (Å²) >= 11 is 0. The quantitative estimate of drug-likeness (QED) is 0.522. The maximum Gasteiger partial charge on any atom is 0.240 e. The zero-order chi connectivity index (χ0) is 13.7. The number of nitrogen functional groups attached to an aromatic ring is 1. The molecule has 1 aromatic rings. The molecule has 0 amide bonds. The molecule has 1 saturated heterocycles. The van der Waals surface area contributed by atoms with Gasteiger partial charge in [-0.1, -0.05) is 0 Å². The summed E-state index contributed by atoms with van der Waals surface area (Å²) in [5.74, 6) is 5.75. The summed E-state index contributed by atoms with van der Waals surface area (Å²) in [6.07, 6.45) is 3.35. The number of hydrogen-bond donors (Lipinski definition) is 3. The summed E-state index contributed by atoms with van der Waals surface area (Å²) in [5.41, 5.74) is 2.32. The van der Waals surface area contributed by atoms with E-state index in [9.17, 15) is 8.42 Å². The van der Waals surface area contributed by atoms with Crippen LogP contribution in [-0.4, -0.2) is 33.2 Å². The van der Waals surface area contributed by atoms with Gasteiger partial charge in [0, 0.05) is 25.4 Å². The first-order chi connectivity index (χ1) is 9.12. The fraction of sp³-hybridized carbons (Fsp3) is 0.545. The van der Waals surface area contributed by atoms with Crippen LogP contribution in [0.1, 0.15) is 12.8 Å². The minimum Gasteiger partial charge on any atom is -0.381 e. The van der Waals surface area contributed by atoms with Crippen molar-refractivity contribution in [1.82, 2.24) is 9.71 Å². The van der Waals surface area contributed by atoms with E-state index in [1.54, 1.807) is 0 Å². The van der Waals surface area contributed by atoms with Gasteiger partial charge in [0.25, 0.3) is 0 Å². The first-order valence-electron chi connectivity index (χ1n) is 6.12. The van der Waals surface area contributed by atoms with E-state index in [0.717, 1.165) is 19.4 Å². The molecule has 7 nitrogen and oxygen atoms in total. The van der Waals surface area contributed by atoms with E-state index < -0.39 is 10.0 Å². The maximum atomic E-state index is 12.1. The third-order valence-electron chi connectivity index (χ3n) is 3.01. The molecule has 0 radical (unpaired) electrons. The fourth-order valence-electron chi connectivity index (χ4n) is 1.94. The van der Waals surface area contributed by atoms with Gasteiger partial charge in [0.05, 0.1) is 11.5 Å². The van der Waals surface area contributed by atoms with Crippen molar-refractivity contribution in [3.8, 4) is 0 Å². The Balaban J connectivity index is 2.00. The van der Waals surface area contributed by atoms with Gasteiger partial charge in [0.1, 0.15) is 5.82 Å². The number of nitrogens with two attached hydrogens (primary N) is 1. The van der Waals surface area contributed by atoms with Crippen LogP contribution in [0.4, 0.5) is 5.82 Å². The average molecular weight is 286 g/mol. The van der Waals surface area contributed by atoms with Gasteiger partial charge in [-0.2, -0.15) is 0 Å². The predicted molar refractivity (Wildman–Crippen MR) is 70.8 cm³/mol. The van der Waals surface area contributed by atoms with Crippen LogP contribution in [0, 0.1) is 5.92 Å². The smallest absolute Gasteiger partial charge is 0.240 e. The van der Waals surface area contributed by atoms with Gasteiger partial charge in [-0.15, -0.1) is 0 Å². The second-order valence-electron chi connectivity index (χ2n) is 4.46. The lowest BCUT2D eigenvalue weighted by molar-refractivity contribution is 0.0568. The summed E-state index contributed by atoms with van der Waals surface area (Å²) < 4.78 is 32.1. The highest BCUT2D eigenvalue weighted by molar-refractivity contribution is 7.89. The van der Waals surface area contributed by atoms with E-state index in [2.05, 4.69) is 15.1 Å². The molecule has 19 heavy (non-hydrogen) atoms. The van der Waals surface area contributed by atoms with Crippen LogP contribution >= 0.6 is 0 Å². The largest absolute Gasteiger partial charge is 0.381 e. The van der Waals surface area contributed by atoms with Crippen LogP contribution in [0.15, 0.2) is 23.2 Å². The van der Waals surface area contributed by atoms with Crippen LogP contribution < -0.4 is 16.0 Å². The van der Waals surface area contributed by atoms with Crippen LogP contribution in [0.25, 0.3) is 0 Å². The Kier molecular flexibility index (Phi) is 4.70. The van der Waals surface area contributed by atoms with Crippen molar-refractivity contribution in [2.45, 2.75) is 17.7 Å². The van der Waals surface area contributed by atoms with E-state index in [-0.39, 0.29) is 10.8 Å². The van der Waals surface area contributed by atoms with E-state index >= 15 is 0 Å². The van der Waals surface area contributed by atoms with Gasteiger partial charge in [0.2, 0.25) is 10.0 Å². The van der Waals surface area contributed by atoms with Crippen molar-refractivity contribution in [2.75, 3.05) is 25.2 Å². The summed E-state index contributed by atoms with van der Waals surface area (Å²) in [6, 6.07) is 2.82. The molecule has 2 rings (SSSR count). The van der Waals surface area contributed by atoms with E-state index in [1.165, 1.54) is 18.3 Å². The van der Waals surface area contributed by atoms with Crippen molar-refractivity contribution >= 4 is 15.8 Å². The van der Waals surface area contributed by atoms with E-state index in [1.807, 2.05) is 0 Å². The van der Waals surface area contributed by atoms with Crippen LogP contribution in [0.3, 0.4) is 0 Å². The number of ether oxygens (including phenoxy) is 1. The maximum absolute atomic E-state index is 12.1. The van der Waals surface area contributed by atoms with Gasteiger partial charge in [-0.3, -0.25) is 0 Å². The minimum absolute atomic E-state index is 0.146. The van der Waals surface area contributed by atoms with Crippen molar-refractivity contribution < 1.29 is 13.2 Å². The SMILES string of the molecule is NNc1cc(S(=O)(=O)NCC2CCCOC2)ccn1. The molecule has 8 heteroatoms. The molecule has 1 fully saturated rings. The molecule has 0 aliphatic carbocycles. The number of nitrogens with one attached hydrogen (secondary N) is 2. The van der Waals surface area contributed by atoms with Crippen molar-refractivity contribution in [3.63, 3.8) is 0 Å². The highest BCUT2D eigenvalue weighted by Gasteiger charge is 2.19. The van der Waals surface area contributed by atoms with Gasteiger partial charge in [-0.05, 0) is 24.8 Å². The molecule has 0 spiro atoms. The number of sulfonamides is 1. The third kappa shape index (κ3) is 3.87. The van der Waals surface area contributed by atoms with Gasteiger partial charge in [-0.25, -0.2) is 24.0 Å². The van der Waals surface area contributed by atoms with Crippen LogP contribution in [-0.2, 0) is 14.8 Å². The molecule has 1 aromatic heterocycles. The standard InChI is InChI=1S/C11H18N4O3S/c12-15-11-6-10(3-4-13-11)19(16,17)14-7-9-2-1-5-18-8-9/h3-4,6,9,14H,1-2,5,7-8,12H2,(H,13,15). The molecular weight excluding hydrogens is 268 g/mol. The Morgan fingerprint density at radius 1 is 1.53 bits per heavy atom. The van der Waals surface area contributed by atoms with E-state index in [4.69, 9.17) is 10.6 Å². The molecule has 1 aliphatic rings. The number of aromatic nitrogens is 1. The summed E-state index contributed by atoms with van der Waals surface area (Å²) in [4.78, 5) is 4.02. The zero-order valence-corrected chi connectivity index (χ0v) is 11.3. The lowest BCUT2D eigenvalue weighted by Gasteiger charge is -2.22.